The lowest BCUT2D eigenvalue weighted by Crippen LogP contribution is -1.80. The molecule has 0 unspecified atom stereocenters. The van der Waals surface area contributed by atoms with E-state index in [4.69, 9.17) is 0 Å². The van der Waals surface area contributed by atoms with E-state index in [-0.39, 0.29) is 0 Å². The zero-order chi connectivity index (χ0) is 7.52. The Morgan fingerprint density at radius 2 is 2.09 bits per heavy atom. The average molecular weight is 181 g/mol. The summed E-state index contributed by atoms with van der Waals surface area (Å²) in [5.41, 5.74) is 0. The van der Waals surface area contributed by atoms with Crippen LogP contribution in [0.3, 0.4) is 0 Å². The van der Waals surface area contributed by atoms with Gasteiger partial charge in [-0.1, -0.05) is 0 Å². The summed E-state index contributed by atoms with van der Waals surface area (Å²) in [5, 5.41) is 4.08. The molecule has 0 radical (unpaired) electrons. The Morgan fingerprint density at radius 1 is 1.27 bits per heavy atom. The van der Waals surface area contributed by atoms with Crippen LogP contribution in [0.25, 0.3) is 10.0 Å². The van der Waals surface area contributed by atoms with Gasteiger partial charge in [0.1, 0.15) is 10.8 Å². The molecule has 11 heavy (non-hydrogen) atoms. The minimum atomic E-state index is 0.826. The lowest BCUT2D eigenvalue weighted by atomic mass is 10.6. The van der Waals surface area contributed by atoms with Gasteiger partial charge in [0.15, 0.2) is 0 Å². The van der Waals surface area contributed by atoms with Crippen molar-refractivity contribution in [3.05, 3.63) is 29.2 Å². The summed E-state index contributed by atoms with van der Waals surface area (Å²) in [4.78, 5) is 8.26. The molecule has 0 atom stereocenters. The number of hydrogen-bond donors (Lipinski definition) is 0. The van der Waals surface area contributed by atoms with Gasteiger partial charge >= 0.3 is 4.19 Å². The Morgan fingerprint density at radius 3 is 2.73 bits per heavy atom. The van der Waals surface area contributed by atoms with Crippen molar-refractivity contribution in [3.8, 4) is 10.0 Å². The number of hydrogen-bond acceptors (Lipinski definition) is 3. The predicted octanol–water partition coefficient (Wildman–Crippen LogP) is 2.55. The van der Waals surface area contributed by atoms with Crippen molar-refractivity contribution in [2.24, 2.45) is 0 Å². The first kappa shape index (κ1) is 6.82. The Kier molecular flexibility index (Phi) is 1.87. The fraction of sp³-hybridized carbons (Fsp3) is 0. The number of aromatic nitrogens is 2. The Bertz CT molecular complexity index is 317. The molecule has 2 aromatic rings. The predicted molar refractivity (Wildman–Crippen MR) is 47.6 cm³/mol. The first-order chi connectivity index (χ1) is 5.47. The molecule has 0 spiro atoms. The molecule has 0 bridgehead atoms. The maximum absolute atomic E-state index is 4.13. The SMILES string of the molecule is c1cnc(-c2scc[s+]2)nc1. The summed E-state index contributed by atoms with van der Waals surface area (Å²) in [6.07, 6.45) is 3.52. The molecule has 0 amide bonds. The van der Waals surface area contributed by atoms with Crippen LogP contribution < -0.4 is 0 Å². The van der Waals surface area contributed by atoms with Gasteiger partial charge in [-0.05, 0) is 6.07 Å². The second-order valence-corrected chi connectivity index (χ2v) is 3.96. The highest BCUT2D eigenvalue weighted by atomic mass is 32.2. The highest BCUT2D eigenvalue weighted by molar-refractivity contribution is 7.33. The standard InChI is InChI=1S/C7H5N2S2/c1-2-8-6(9-3-1)7-10-4-5-11-7/h1-5H/q+1. The fourth-order valence-electron chi connectivity index (χ4n) is 0.717. The monoisotopic (exact) mass is 181 g/mol. The zero-order valence-electron chi connectivity index (χ0n) is 5.60. The van der Waals surface area contributed by atoms with E-state index < -0.39 is 0 Å². The van der Waals surface area contributed by atoms with Gasteiger partial charge in [-0.15, -0.1) is 0 Å². The number of nitrogens with zero attached hydrogens (tertiary/aromatic N) is 2. The maximum atomic E-state index is 4.13. The smallest absolute Gasteiger partial charge is 0.232 e. The highest BCUT2D eigenvalue weighted by Gasteiger charge is 2.11. The highest BCUT2D eigenvalue weighted by Crippen LogP contribution is 2.25. The first-order valence-corrected chi connectivity index (χ1v) is 4.85. The molecule has 0 N–H and O–H groups in total. The van der Waals surface area contributed by atoms with Gasteiger partial charge in [0, 0.05) is 12.4 Å². The van der Waals surface area contributed by atoms with Gasteiger partial charge in [-0.3, -0.25) is 0 Å². The van der Waals surface area contributed by atoms with Crippen LogP contribution >= 0.6 is 22.7 Å². The van der Waals surface area contributed by atoms with Crippen LogP contribution in [0.5, 0.6) is 0 Å². The molecule has 0 fully saturated rings. The van der Waals surface area contributed by atoms with E-state index >= 15 is 0 Å². The zero-order valence-corrected chi connectivity index (χ0v) is 7.23. The van der Waals surface area contributed by atoms with Crippen LogP contribution in [0, 0.1) is 0 Å². The fourth-order valence-corrected chi connectivity index (χ4v) is 2.39. The van der Waals surface area contributed by atoms with Crippen LogP contribution in [0.15, 0.2) is 29.2 Å². The lowest BCUT2D eigenvalue weighted by Gasteiger charge is -1.83. The van der Waals surface area contributed by atoms with E-state index in [9.17, 15) is 0 Å². The van der Waals surface area contributed by atoms with Gasteiger partial charge in [0.2, 0.25) is 5.82 Å². The van der Waals surface area contributed by atoms with E-state index in [1.807, 2.05) is 16.8 Å². The quantitative estimate of drug-likeness (QED) is 0.632. The molecule has 0 saturated carbocycles. The van der Waals surface area contributed by atoms with Crippen LogP contribution in [-0.4, -0.2) is 9.97 Å². The summed E-state index contributed by atoms with van der Waals surface area (Å²) in [6, 6.07) is 1.82. The van der Waals surface area contributed by atoms with Crippen LogP contribution in [0.1, 0.15) is 0 Å². The third-order valence-electron chi connectivity index (χ3n) is 1.15. The second kappa shape index (κ2) is 3.02. The van der Waals surface area contributed by atoms with Crippen molar-refractivity contribution in [1.29, 1.82) is 0 Å². The number of rotatable bonds is 1. The average Bonchev–Trinajstić information content (AvgIpc) is 2.58. The molecule has 0 aromatic carbocycles. The van der Waals surface area contributed by atoms with Crippen molar-refractivity contribution in [1.82, 2.24) is 9.97 Å². The van der Waals surface area contributed by atoms with Crippen molar-refractivity contribution in [2.75, 3.05) is 0 Å². The van der Waals surface area contributed by atoms with Crippen molar-refractivity contribution >= 4 is 22.7 Å². The molecule has 2 aromatic heterocycles. The van der Waals surface area contributed by atoms with Crippen LogP contribution in [0.2, 0.25) is 0 Å². The molecule has 0 aliphatic rings. The third-order valence-corrected chi connectivity index (χ3v) is 3.24. The molecule has 2 heterocycles. The first-order valence-electron chi connectivity index (χ1n) is 3.09. The minimum Gasteiger partial charge on any atom is -0.232 e. The molecule has 0 aliphatic carbocycles. The molecular formula is C7H5N2S2+. The van der Waals surface area contributed by atoms with Crippen molar-refractivity contribution in [3.63, 3.8) is 0 Å². The van der Waals surface area contributed by atoms with Gasteiger partial charge in [-0.25, -0.2) is 9.97 Å². The minimum absolute atomic E-state index is 0.826. The van der Waals surface area contributed by atoms with Crippen LogP contribution in [0.4, 0.5) is 0 Å². The summed E-state index contributed by atoms with van der Waals surface area (Å²) in [6.45, 7) is 0. The van der Waals surface area contributed by atoms with Crippen LogP contribution in [-0.2, 0) is 0 Å². The summed E-state index contributed by atoms with van der Waals surface area (Å²) in [5.74, 6) is 0.826. The van der Waals surface area contributed by atoms with E-state index in [1.54, 1.807) is 35.1 Å². The second-order valence-electron chi connectivity index (χ2n) is 1.87. The van der Waals surface area contributed by atoms with Gasteiger partial charge in [-0.2, -0.15) is 0 Å². The van der Waals surface area contributed by atoms with Gasteiger partial charge < -0.3 is 0 Å². The van der Waals surface area contributed by atoms with Crippen molar-refractivity contribution in [2.45, 2.75) is 0 Å². The molecule has 0 saturated heterocycles. The van der Waals surface area contributed by atoms with E-state index in [0.29, 0.717) is 0 Å². The van der Waals surface area contributed by atoms with Gasteiger partial charge in [0.05, 0.1) is 22.7 Å². The molecule has 0 aliphatic heterocycles. The maximum Gasteiger partial charge on any atom is 0.322 e. The molecular weight excluding hydrogens is 176 g/mol. The Hall–Kier alpha value is -0.870. The normalized spacial score (nSPS) is 9.82. The molecule has 2 nitrogen and oxygen atoms in total. The van der Waals surface area contributed by atoms with Crippen molar-refractivity contribution < 1.29 is 0 Å². The lowest BCUT2D eigenvalue weighted by molar-refractivity contribution is 1.19. The Balaban J connectivity index is 2.46. The summed E-state index contributed by atoms with van der Waals surface area (Å²) >= 11 is 3.34. The summed E-state index contributed by atoms with van der Waals surface area (Å²) in [7, 11) is 0. The van der Waals surface area contributed by atoms with E-state index in [2.05, 4.69) is 9.97 Å². The third kappa shape index (κ3) is 1.41. The largest absolute Gasteiger partial charge is 0.322 e. The molecule has 54 valence electrons. The molecule has 2 rings (SSSR count). The van der Waals surface area contributed by atoms with E-state index in [1.165, 1.54) is 0 Å². The molecule has 4 heteroatoms. The van der Waals surface area contributed by atoms with Gasteiger partial charge in [0.25, 0.3) is 0 Å². The van der Waals surface area contributed by atoms with E-state index in [0.717, 1.165) is 10.0 Å². The Labute approximate surface area is 72.2 Å². The summed E-state index contributed by atoms with van der Waals surface area (Å²) < 4.78 is 1.16. The topological polar surface area (TPSA) is 25.8 Å².